The Labute approximate surface area is 154 Å². The van der Waals surface area contributed by atoms with E-state index in [0.29, 0.717) is 17.6 Å². The lowest BCUT2D eigenvalue weighted by Crippen LogP contribution is -2.48. The highest BCUT2D eigenvalue weighted by molar-refractivity contribution is 9.10. The van der Waals surface area contributed by atoms with E-state index in [4.69, 9.17) is 11.6 Å². The minimum absolute atomic E-state index is 0.121. The molecule has 0 aliphatic carbocycles. The molecular weight excluding hydrogens is 395 g/mol. The molecule has 0 bridgehead atoms. The summed E-state index contributed by atoms with van der Waals surface area (Å²) < 4.78 is 14.6. The summed E-state index contributed by atoms with van der Waals surface area (Å²) in [5.41, 5.74) is 1.31. The predicted molar refractivity (Wildman–Crippen MR) is 96.7 cm³/mol. The number of amides is 1. The first-order valence-electron chi connectivity index (χ1n) is 7.74. The van der Waals surface area contributed by atoms with Gasteiger partial charge < -0.3 is 4.90 Å². The van der Waals surface area contributed by atoms with Crippen molar-refractivity contribution in [2.75, 3.05) is 26.2 Å². The van der Waals surface area contributed by atoms with Gasteiger partial charge in [-0.15, -0.1) is 0 Å². The summed E-state index contributed by atoms with van der Waals surface area (Å²) in [5.74, 6) is -0.730. The molecule has 3 rings (SSSR count). The number of hydrogen-bond donors (Lipinski definition) is 0. The second kappa shape index (κ2) is 7.64. The van der Waals surface area contributed by atoms with Crippen molar-refractivity contribution in [1.82, 2.24) is 9.80 Å². The summed E-state index contributed by atoms with van der Waals surface area (Å²) in [4.78, 5) is 16.5. The van der Waals surface area contributed by atoms with Crippen molar-refractivity contribution >= 4 is 33.4 Å². The molecule has 3 nitrogen and oxygen atoms in total. The zero-order valence-electron chi connectivity index (χ0n) is 13.0. The second-order valence-electron chi connectivity index (χ2n) is 5.82. The molecule has 126 valence electrons. The maximum atomic E-state index is 13.9. The lowest BCUT2D eigenvalue weighted by atomic mass is 10.1. The molecule has 1 heterocycles. The largest absolute Gasteiger partial charge is 0.336 e. The highest BCUT2D eigenvalue weighted by atomic mass is 79.9. The monoisotopic (exact) mass is 410 g/mol. The molecule has 0 saturated carbocycles. The van der Waals surface area contributed by atoms with Crippen LogP contribution in [-0.4, -0.2) is 41.9 Å². The molecular formula is C18H17BrClFN2O. The van der Waals surface area contributed by atoms with Crippen LogP contribution in [-0.2, 0) is 6.54 Å². The molecule has 24 heavy (non-hydrogen) atoms. The molecule has 6 heteroatoms. The predicted octanol–water partition coefficient (Wildman–Crippen LogP) is 4.20. The smallest absolute Gasteiger partial charge is 0.256 e. The standard InChI is InChI=1S/C18H17BrClFN2O/c19-14-3-6-17(21)16(11-14)18(24)23-9-7-22(8-10-23)12-13-1-4-15(20)5-2-13/h1-6,11H,7-10,12H2. The number of piperazine rings is 1. The van der Waals surface area contributed by atoms with E-state index in [1.165, 1.54) is 17.7 Å². The maximum absolute atomic E-state index is 13.9. The Morgan fingerprint density at radius 3 is 2.42 bits per heavy atom. The van der Waals surface area contributed by atoms with Gasteiger partial charge in [-0.25, -0.2) is 4.39 Å². The van der Waals surface area contributed by atoms with Gasteiger partial charge in [-0.05, 0) is 35.9 Å². The molecule has 1 saturated heterocycles. The number of hydrogen-bond acceptors (Lipinski definition) is 2. The van der Waals surface area contributed by atoms with E-state index in [1.54, 1.807) is 11.0 Å². The number of nitrogens with zero attached hydrogens (tertiary/aromatic N) is 2. The van der Waals surface area contributed by atoms with Gasteiger partial charge in [0.25, 0.3) is 5.91 Å². The first-order valence-corrected chi connectivity index (χ1v) is 8.91. The molecule has 1 fully saturated rings. The van der Waals surface area contributed by atoms with Gasteiger partial charge in [0.2, 0.25) is 0 Å². The molecule has 1 aliphatic heterocycles. The van der Waals surface area contributed by atoms with Gasteiger partial charge in [0.05, 0.1) is 5.56 Å². The Balaban J connectivity index is 1.59. The van der Waals surface area contributed by atoms with Gasteiger partial charge in [0.1, 0.15) is 5.82 Å². The first-order chi connectivity index (χ1) is 11.5. The maximum Gasteiger partial charge on any atom is 0.256 e. The van der Waals surface area contributed by atoms with E-state index in [9.17, 15) is 9.18 Å². The lowest BCUT2D eigenvalue weighted by molar-refractivity contribution is 0.0624. The second-order valence-corrected chi connectivity index (χ2v) is 7.17. The SMILES string of the molecule is O=C(c1cc(Br)ccc1F)N1CCN(Cc2ccc(Cl)cc2)CC1. The van der Waals surface area contributed by atoms with Gasteiger partial charge in [-0.1, -0.05) is 39.7 Å². The molecule has 2 aromatic carbocycles. The fourth-order valence-corrected chi connectivity index (χ4v) is 3.28. The van der Waals surface area contributed by atoms with Crippen LogP contribution >= 0.6 is 27.5 Å². The van der Waals surface area contributed by atoms with Crippen LogP contribution in [0.5, 0.6) is 0 Å². The van der Waals surface area contributed by atoms with Gasteiger partial charge in [-0.2, -0.15) is 0 Å². The van der Waals surface area contributed by atoms with Crippen LogP contribution in [0.1, 0.15) is 15.9 Å². The van der Waals surface area contributed by atoms with Gasteiger partial charge in [-0.3, -0.25) is 9.69 Å². The minimum Gasteiger partial charge on any atom is -0.336 e. The Morgan fingerprint density at radius 2 is 1.75 bits per heavy atom. The van der Waals surface area contributed by atoms with Crippen molar-refractivity contribution in [3.63, 3.8) is 0 Å². The molecule has 0 aromatic heterocycles. The van der Waals surface area contributed by atoms with Gasteiger partial charge in [0, 0.05) is 42.2 Å². The van der Waals surface area contributed by atoms with Crippen molar-refractivity contribution in [2.24, 2.45) is 0 Å². The summed E-state index contributed by atoms with van der Waals surface area (Å²) in [6.45, 7) is 3.55. The summed E-state index contributed by atoms with van der Waals surface area (Å²) in [6, 6.07) is 12.2. The fourth-order valence-electron chi connectivity index (χ4n) is 2.79. The van der Waals surface area contributed by atoms with Crippen molar-refractivity contribution < 1.29 is 9.18 Å². The quantitative estimate of drug-likeness (QED) is 0.756. The molecule has 0 radical (unpaired) electrons. The Kier molecular flexibility index (Phi) is 5.54. The van der Waals surface area contributed by atoms with E-state index in [0.717, 1.165) is 24.7 Å². The lowest BCUT2D eigenvalue weighted by Gasteiger charge is -2.34. The Hall–Kier alpha value is -1.43. The molecule has 1 amide bonds. The molecule has 2 aromatic rings. The van der Waals surface area contributed by atoms with Gasteiger partial charge >= 0.3 is 0 Å². The van der Waals surface area contributed by atoms with Crippen molar-refractivity contribution in [3.8, 4) is 0 Å². The summed E-state index contributed by atoms with van der Waals surface area (Å²) in [7, 11) is 0. The number of halogens is 3. The highest BCUT2D eigenvalue weighted by Gasteiger charge is 2.24. The molecule has 0 N–H and O–H groups in total. The normalized spacial score (nSPS) is 15.5. The zero-order valence-corrected chi connectivity index (χ0v) is 15.4. The topological polar surface area (TPSA) is 23.6 Å². The van der Waals surface area contributed by atoms with E-state index in [2.05, 4.69) is 20.8 Å². The van der Waals surface area contributed by atoms with E-state index < -0.39 is 5.82 Å². The van der Waals surface area contributed by atoms with Crippen LogP contribution in [0.25, 0.3) is 0 Å². The molecule has 1 aliphatic rings. The highest BCUT2D eigenvalue weighted by Crippen LogP contribution is 2.19. The summed E-state index contributed by atoms with van der Waals surface area (Å²) >= 11 is 9.18. The summed E-state index contributed by atoms with van der Waals surface area (Å²) in [6.07, 6.45) is 0. The average molecular weight is 412 g/mol. The van der Waals surface area contributed by atoms with Crippen molar-refractivity contribution in [1.29, 1.82) is 0 Å². The molecule has 0 atom stereocenters. The van der Waals surface area contributed by atoms with Crippen LogP contribution in [0, 0.1) is 5.82 Å². The zero-order chi connectivity index (χ0) is 17.1. The van der Waals surface area contributed by atoms with Crippen LogP contribution in [0.4, 0.5) is 4.39 Å². The number of rotatable bonds is 3. The first kappa shape index (κ1) is 17.4. The Bertz CT molecular complexity index is 730. The van der Waals surface area contributed by atoms with Crippen LogP contribution in [0.3, 0.4) is 0 Å². The molecule has 0 spiro atoms. The third-order valence-corrected chi connectivity index (χ3v) is 4.88. The number of carbonyl (C=O) groups excluding carboxylic acids is 1. The molecule has 0 unspecified atom stereocenters. The van der Waals surface area contributed by atoms with Gasteiger partial charge in [0.15, 0.2) is 0 Å². The van der Waals surface area contributed by atoms with E-state index in [1.807, 2.05) is 24.3 Å². The van der Waals surface area contributed by atoms with Crippen molar-refractivity contribution in [3.05, 3.63) is 68.9 Å². The average Bonchev–Trinajstić information content (AvgIpc) is 2.59. The van der Waals surface area contributed by atoms with Crippen LogP contribution in [0.15, 0.2) is 46.9 Å². The Morgan fingerprint density at radius 1 is 1.08 bits per heavy atom. The van der Waals surface area contributed by atoms with E-state index >= 15 is 0 Å². The third-order valence-electron chi connectivity index (χ3n) is 4.14. The summed E-state index contributed by atoms with van der Waals surface area (Å²) in [5, 5.41) is 0.727. The minimum atomic E-state index is -0.480. The number of benzene rings is 2. The number of carbonyl (C=O) groups is 1. The van der Waals surface area contributed by atoms with Crippen LogP contribution < -0.4 is 0 Å². The third kappa shape index (κ3) is 4.15. The fraction of sp³-hybridized carbons (Fsp3) is 0.278. The van der Waals surface area contributed by atoms with Crippen LogP contribution in [0.2, 0.25) is 5.02 Å². The van der Waals surface area contributed by atoms with E-state index in [-0.39, 0.29) is 11.5 Å². The van der Waals surface area contributed by atoms with Crippen molar-refractivity contribution in [2.45, 2.75) is 6.54 Å².